The van der Waals surface area contributed by atoms with Gasteiger partial charge in [0.05, 0.1) is 0 Å². The monoisotopic (exact) mass is 611 g/mol. The minimum absolute atomic E-state index is 0.0549. The van der Waals surface area contributed by atoms with Crippen molar-refractivity contribution >= 4 is 28.3 Å². The summed E-state index contributed by atoms with van der Waals surface area (Å²) in [7, 11) is -0.537. The zero-order chi connectivity index (χ0) is 23.7. The molecule has 0 spiro atoms. The number of nitrogens with zero attached hydrogens (tertiary/aromatic N) is 1. The molecule has 0 bridgehead atoms. The van der Waals surface area contributed by atoms with Crippen LogP contribution in [-0.2, 0) is 36.0 Å². The number of rotatable bonds is 13. The first-order chi connectivity index (χ1) is 15.4. The minimum atomic E-state index is -0.537. The fourth-order valence-electron chi connectivity index (χ4n) is 4.58. The van der Waals surface area contributed by atoms with Crippen LogP contribution in [0.25, 0.3) is 0 Å². The summed E-state index contributed by atoms with van der Waals surface area (Å²) in [6.07, 6.45) is 5.96. The van der Waals surface area contributed by atoms with Gasteiger partial charge in [-0.05, 0) is 0 Å². The second kappa shape index (κ2) is 14.2. The summed E-state index contributed by atoms with van der Waals surface area (Å²) in [5.74, 6) is 0. The van der Waals surface area contributed by atoms with Crippen LogP contribution in [-0.4, -0.2) is 17.0 Å². The van der Waals surface area contributed by atoms with Crippen LogP contribution in [0.2, 0.25) is 0 Å². The molecule has 32 heavy (non-hydrogen) atoms. The molecule has 0 heterocycles. The van der Waals surface area contributed by atoms with Crippen LogP contribution < -0.4 is 11.5 Å². The third-order valence-corrected chi connectivity index (χ3v) is 10.1. The Labute approximate surface area is 214 Å². The van der Waals surface area contributed by atoms with E-state index in [1.807, 2.05) is 0 Å². The topological polar surface area (TPSA) is 55.3 Å². The van der Waals surface area contributed by atoms with Crippen molar-refractivity contribution in [3.05, 3.63) is 69.8 Å². The Balaban J connectivity index is 2.07. The molecule has 0 aliphatic rings. The Morgan fingerprint density at radius 1 is 0.688 bits per heavy atom. The van der Waals surface area contributed by atoms with Crippen molar-refractivity contribution in [1.82, 2.24) is 3.95 Å². The first-order valence-corrected chi connectivity index (χ1v) is 17.4. The molecule has 2 rings (SSSR count). The molecule has 2 aromatic carbocycles. The van der Waals surface area contributed by atoms with Crippen molar-refractivity contribution in [2.45, 2.75) is 78.3 Å². The average molecular weight is 613 g/mol. The molecule has 6 heteroatoms. The van der Waals surface area contributed by atoms with E-state index in [-0.39, 0.29) is 12.1 Å². The van der Waals surface area contributed by atoms with Gasteiger partial charge in [-0.1, -0.05) is 0 Å². The van der Waals surface area contributed by atoms with E-state index < -0.39 is 10.3 Å². The number of nitrogens with two attached hydrogens (primary N) is 2. The molecule has 0 saturated carbocycles. The maximum absolute atomic E-state index is 6.74. The Morgan fingerprint density at radius 2 is 1.00 bits per heavy atom. The van der Waals surface area contributed by atoms with Gasteiger partial charge in [-0.3, -0.25) is 0 Å². The molecule has 0 aliphatic heterocycles. The van der Waals surface area contributed by atoms with Gasteiger partial charge in [-0.25, -0.2) is 0 Å². The van der Waals surface area contributed by atoms with Crippen LogP contribution in [0.15, 0.2) is 36.4 Å². The van der Waals surface area contributed by atoms with Gasteiger partial charge in [0.15, 0.2) is 0 Å². The number of halogens is 2. The van der Waals surface area contributed by atoms with Gasteiger partial charge in [0.2, 0.25) is 0 Å². The molecule has 0 radical (unpaired) electrons. The molecular formula is C26H40Br2CoN3. The summed E-state index contributed by atoms with van der Waals surface area (Å²) in [6.45, 7) is 10.7. The molecule has 2 unspecified atom stereocenters. The van der Waals surface area contributed by atoms with E-state index in [1.54, 1.807) is 0 Å². The summed E-state index contributed by atoms with van der Waals surface area (Å²) in [5.41, 5.74) is 21.7. The predicted octanol–water partition coefficient (Wildman–Crippen LogP) is 6.87. The van der Waals surface area contributed by atoms with Crippen LogP contribution in [0.5, 0.6) is 0 Å². The number of benzene rings is 2. The van der Waals surface area contributed by atoms with Gasteiger partial charge in [-0.15, -0.1) is 0 Å². The molecule has 0 amide bonds. The van der Waals surface area contributed by atoms with Crippen molar-refractivity contribution < 1.29 is 10.3 Å². The van der Waals surface area contributed by atoms with Crippen LogP contribution >= 0.6 is 28.3 Å². The van der Waals surface area contributed by atoms with Crippen molar-refractivity contribution in [3.63, 3.8) is 0 Å². The molecule has 0 aliphatic carbocycles. The van der Waals surface area contributed by atoms with E-state index in [9.17, 15) is 0 Å². The molecule has 0 aromatic heterocycles. The summed E-state index contributed by atoms with van der Waals surface area (Å²) in [6, 6.07) is 13.3. The third kappa shape index (κ3) is 7.39. The van der Waals surface area contributed by atoms with E-state index >= 15 is 0 Å². The number of hydrogen-bond donors (Lipinski definition) is 2. The summed E-state index contributed by atoms with van der Waals surface area (Å²) in [5, 5.41) is 0. The number of hydrogen-bond acceptors (Lipinski definition) is 3. The zero-order valence-electron chi connectivity index (χ0n) is 20.0. The molecular weight excluding hydrogens is 573 g/mol. The van der Waals surface area contributed by atoms with E-state index in [0.29, 0.717) is 0 Å². The zero-order valence-corrected chi connectivity index (χ0v) is 24.2. The van der Waals surface area contributed by atoms with Crippen LogP contribution in [0.3, 0.4) is 0 Å². The van der Waals surface area contributed by atoms with Crippen LogP contribution in [0.4, 0.5) is 0 Å². The van der Waals surface area contributed by atoms with Crippen molar-refractivity contribution in [3.8, 4) is 0 Å². The molecule has 0 fully saturated rings. The molecule has 182 valence electrons. The van der Waals surface area contributed by atoms with Gasteiger partial charge in [0.25, 0.3) is 0 Å². The second-order valence-electron chi connectivity index (χ2n) is 8.23. The van der Waals surface area contributed by atoms with Crippen molar-refractivity contribution in [2.75, 3.05) is 13.1 Å². The van der Waals surface area contributed by atoms with Gasteiger partial charge in [0.1, 0.15) is 0 Å². The predicted molar refractivity (Wildman–Crippen MR) is 143 cm³/mol. The van der Waals surface area contributed by atoms with Crippen LogP contribution in [0, 0.1) is 0 Å². The van der Waals surface area contributed by atoms with Crippen molar-refractivity contribution in [1.29, 1.82) is 0 Å². The van der Waals surface area contributed by atoms with E-state index in [0.717, 1.165) is 51.6 Å². The fraction of sp³-hybridized carbons (Fsp3) is 0.538. The van der Waals surface area contributed by atoms with E-state index in [4.69, 9.17) is 11.5 Å². The van der Waals surface area contributed by atoms with E-state index in [1.165, 1.54) is 33.4 Å². The Bertz CT molecular complexity index is 734. The summed E-state index contributed by atoms with van der Waals surface area (Å²) >= 11 is 7.58. The fourth-order valence-corrected chi connectivity index (χ4v) is 7.15. The van der Waals surface area contributed by atoms with E-state index in [2.05, 4.69) is 96.4 Å². The van der Waals surface area contributed by atoms with Gasteiger partial charge in [0, 0.05) is 0 Å². The Kier molecular flexibility index (Phi) is 12.5. The standard InChI is InChI=1S/C26H40N3.2BrH.Co/c1-5-19-11-9-12-20(6-2)25(19)23(27)15-17-29-18-16-24(28)26-21(7-3)13-10-14-22(26)8-4;;;/h9-14,23-24H,5-8,15-18,27-28H2,1-4H3;2*1H;/q-1;;;+3/p-2. The van der Waals surface area contributed by atoms with Crippen LogP contribution in [0.1, 0.15) is 86.0 Å². The molecule has 0 saturated heterocycles. The summed E-state index contributed by atoms with van der Waals surface area (Å²) < 4.78 is 2.45. The third-order valence-electron chi connectivity index (χ3n) is 6.34. The molecule has 2 aromatic rings. The average Bonchev–Trinajstić information content (AvgIpc) is 2.81. The quantitative estimate of drug-likeness (QED) is 0.259. The molecule has 4 N–H and O–H groups in total. The first kappa shape index (κ1) is 28.0. The second-order valence-corrected chi connectivity index (χ2v) is 16.4. The first-order valence-electron chi connectivity index (χ1n) is 11.8. The van der Waals surface area contributed by atoms with Gasteiger partial charge >= 0.3 is 215 Å². The van der Waals surface area contributed by atoms with Crippen molar-refractivity contribution in [2.24, 2.45) is 11.5 Å². The normalized spacial score (nSPS) is 14.0. The number of aryl methyl sites for hydroxylation is 4. The maximum atomic E-state index is 6.74. The summed E-state index contributed by atoms with van der Waals surface area (Å²) in [4.78, 5) is 0. The van der Waals surface area contributed by atoms with Gasteiger partial charge < -0.3 is 0 Å². The molecule has 2 atom stereocenters. The Morgan fingerprint density at radius 3 is 1.25 bits per heavy atom. The molecule has 3 nitrogen and oxygen atoms in total. The SMILES string of the molecule is CCc1cccc(CC)c1C(N)CC[N](CCC(N)c1c(CC)cccc1CC)[Co]([Br])[Br]. The van der Waals surface area contributed by atoms with Gasteiger partial charge in [-0.2, -0.15) is 0 Å². The Hall–Kier alpha value is -0.214.